The average Bonchev–Trinajstić information content (AvgIpc) is 3.21. The summed E-state index contributed by atoms with van der Waals surface area (Å²) in [6.45, 7) is 5.40. The largest absolute Gasteiger partial charge is 0.489 e. The van der Waals surface area contributed by atoms with Crippen molar-refractivity contribution < 1.29 is 14.3 Å². The zero-order chi connectivity index (χ0) is 22.8. The quantitative estimate of drug-likeness (QED) is 0.404. The molecule has 33 heavy (non-hydrogen) atoms. The van der Waals surface area contributed by atoms with Gasteiger partial charge in [0.05, 0.1) is 6.61 Å². The number of benzene rings is 3. The van der Waals surface area contributed by atoms with Crippen molar-refractivity contribution >= 4 is 17.0 Å². The van der Waals surface area contributed by atoms with Gasteiger partial charge in [-0.2, -0.15) is 0 Å². The van der Waals surface area contributed by atoms with Crippen LogP contribution in [0.4, 0.5) is 4.79 Å². The van der Waals surface area contributed by atoms with Gasteiger partial charge in [0.15, 0.2) is 0 Å². The Hall–Kier alpha value is -3.73. The number of carbonyl (C=O) groups excluding carboxylic acids is 1. The molecule has 1 amide bonds. The summed E-state index contributed by atoms with van der Waals surface area (Å²) in [7, 11) is 0. The van der Waals surface area contributed by atoms with E-state index in [0.29, 0.717) is 19.8 Å². The number of amides is 1. The second-order valence-corrected chi connectivity index (χ2v) is 8.45. The SMILES string of the molecule is CCOC(=O)N1CCc2c([nH]c3ccc(OCc4ccccc4)cc23)C1c1ccc(C)cc1. The topological polar surface area (TPSA) is 54.6 Å². The van der Waals surface area contributed by atoms with E-state index in [1.807, 2.05) is 36.1 Å². The molecule has 1 unspecified atom stereocenters. The molecule has 0 fully saturated rings. The van der Waals surface area contributed by atoms with Gasteiger partial charge in [0.25, 0.3) is 0 Å². The second-order valence-electron chi connectivity index (χ2n) is 8.45. The van der Waals surface area contributed by atoms with Crippen LogP contribution in [0.2, 0.25) is 0 Å². The van der Waals surface area contributed by atoms with Gasteiger partial charge in [-0.05, 0) is 55.2 Å². The van der Waals surface area contributed by atoms with E-state index in [0.717, 1.165) is 39.9 Å². The number of hydrogen-bond donors (Lipinski definition) is 1. The van der Waals surface area contributed by atoms with Gasteiger partial charge < -0.3 is 14.5 Å². The van der Waals surface area contributed by atoms with Crippen molar-refractivity contribution in [3.05, 3.63) is 101 Å². The average molecular weight is 441 g/mol. The molecule has 0 saturated carbocycles. The maximum atomic E-state index is 12.8. The van der Waals surface area contributed by atoms with Crippen molar-refractivity contribution in [2.45, 2.75) is 32.9 Å². The van der Waals surface area contributed by atoms with Crippen LogP contribution in [-0.4, -0.2) is 29.1 Å². The van der Waals surface area contributed by atoms with Crippen LogP contribution in [0.5, 0.6) is 5.75 Å². The van der Waals surface area contributed by atoms with Crippen molar-refractivity contribution in [3.8, 4) is 5.75 Å². The molecular weight excluding hydrogens is 412 g/mol. The van der Waals surface area contributed by atoms with Gasteiger partial charge in [-0.25, -0.2) is 4.79 Å². The minimum Gasteiger partial charge on any atom is -0.489 e. The highest BCUT2D eigenvalue weighted by Crippen LogP contribution is 2.39. The zero-order valence-corrected chi connectivity index (χ0v) is 19.0. The molecule has 1 N–H and O–H groups in total. The van der Waals surface area contributed by atoms with E-state index >= 15 is 0 Å². The summed E-state index contributed by atoms with van der Waals surface area (Å²) in [6, 6.07) is 24.5. The smallest absolute Gasteiger partial charge is 0.410 e. The van der Waals surface area contributed by atoms with Crippen LogP contribution in [0, 0.1) is 6.92 Å². The molecule has 0 radical (unpaired) electrons. The van der Waals surface area contributed by atoms with Gasteiger partial charge in [0.2, 0.25) is 0 Å². The number of nitrogens with one attached hydrogen (secondary N) is 1. The molecule has 0 aliphatic carbocycles. The highest BCUT2D eigenvalue weighted by Gasteiger charge is 2.35. The summed E-state index contributed by atoms with van der Waals surface area (Å²) >= 11 is 0. The fraction of sp³-hybridized carbons (Fsp3) is 0.250. The summed E-state index contributed by atoms with van der Waals surface area (Å²) in [5, 5.41) is 1.15. The van der Waals surface area contributed by atoms with E-state index in [4.69, 9.17) is 9.47 Å². The predicted molar refractivity (Wildman–Crippen MR) is 130 cm³/mol. The fourth-order valence-corrected chi connectivity index (χ4v) is 4.60. The molecule has 5 nitrogen and oxygen atoms in total. The lowest BCUT2D eigenvalue weighted by Gasteiger charge is -2.35. The minimum absolute atomic E-state index is 0.213. The van der Waals surface area contributed by atoms with E-state index in [2.05, 4.69) is 60.4 Å². The maximum absolute atomic E-state index is 12.8. The van der Waals surface area contributed by atoms with Gasteiger partial charge in [-0.15, -0.1) is 0 Å². The lowest BCUT2D eigenvalue weighted by molar-refractivity contribution is 0.0932. The third kappa shape index (κ3) is 4.19. The number of H-pyrrole nitrogens is 1. The molecule has 3 aromatic carbocycles. The lowest BCUT2D eigenvalue weighted by Crippen LogP contribution is -2.40. The molecule has 1 aliphatic heterocycles. The monoisotopic (exact) mass is 440 g/mol. The molecule has 1 aliphatic rings. The number of hydrogen-bond acceptors (Lipinski definition) is 3. The molecule has 0 spiro atoms. The second kappa shape index (κ2) is 9.02. The number of aromatic amines is 1. The number of rotatable bonds is 5. The van der Waals surface area contributed by atoms with Gasteiger partial charge in [-0.3, -0.25) is 4.90 Å². The number of ether oxygens (including phenoxy) is 2. The van der Waals surface area contributed by atoms with Crippen LogP contribution >= 0.6 is 0 Å². The van der Waals surface area contributed by atoms with E-state index in [1.54, 1.807) is 0 Å². The summed E-state index contributed by atoms with van der Waals surface area (Å²) in [5.74, 6) is 0.841. The summed E-state index contributed by atoms with van der Waals surface area (Å²) in [6.07, 6.45) is 0.484. The third-order valence-electron chi connectivity index (χ3n) is 6.24. The maximum Gasteiger partial charge on any atom is 0.410 e. The Bertz CT molecular complexity index is 1260. The Balaban J connectivity index is 1.52. The molecule has 168 valence electrons. The Morgan fingerprint density at radius 3 is 2.61 bits per heavy atom. The summed E-state index contributed by atoms with van der Waals surface area (Å²) < 4.78 is 11.5. The normalized spacial score (nSPS) is 15.3. The number of carbonyl (C=O) groups is 1. The van der Waals surface area contributed by atoms with Crippen LogP contribution in [-0.2, 0) is 17.8 Å². The van der Waals surface area contributed by atoms with Gasteiger partial charge in [-0.1, -0.05) is 60.2 Å². The van der Waals surface area contributed by atoms with E-state index in [9.17, 15) is 4.79 Å². The molecule has 5 rings (SSSR count). The van der Waals surface area contributed by atoms with Crippen LogP contribution < -0.4 is 4.74 Å². The number of aromatic nitrogens is 1. The Kier molecular flexibility index (Phi) is 5.78. The number of aryl methyl sites for hydroxylation is 1. The molecule has 0 saturated heterocycles. The summed E-state index contributed by atoms with van der Waals surface area (Å²) in [5.41, 5.74) is 6.73. The highest BCUT2D eigenvalue weighted by atomic mass is 16.6. The Morgan fingerprint density at radius 1 is 1.06 bits per heavy atom. The van der Waals surface area contributed by atoms with E-state index in [1.165, 1.54) is 11.1 Å². The van der Waals surface area contributed by atoms with Crippen LogP contribution in [0.15, 0.2) is 72.8 Å². The first-order valence-electron chi connectivity index (χ1n) is 11.4. The number of fused-ring (bicyclic) bond motifs is 3. The predicted octanol–water partition coefficient (Wildman–Crippen LogP) is 6.16. The van der Waals surface area contributed by atoms with Crippen molar-refractivity contribution in [3.63, 3.8) is 0 Å². The van der Waals surface area contributed by atoms with Crippen molar-refractivity contribution in [2.75, 3.05) is 13.2 Å². The van der Waals surface area contributed by atoms with Crippen molar-refractivity contribution in [2.24, 2.45) is 0 Å². The van der Waals surface area contributed by atoms with Gasteiger partial charge >= 0.3 is 6.09 Å². The van der Waals surface area contributed by atoms with Gasteiger partial charge in [0.1, 0.15) is 18.4 Å². The van der Waals surface area contributed by atoms with E-state index < -0.39 is 0 Å². The lowest BCUT2D eigenvalue weighted by atomic mass is 9.92. The van der Waals surface area contributed by atoms with Crippen molar-refractivity contribution in [1.29, 1.82) is 0 Å². The minimum atomic E-state index is -0.278. The van der Waals surface area contributed by atoms with E-state index in [-0.39, 0.29) is 12.1 Å². The molecule has 0 bridgehead atoms. The number of nitrogens with zero attached hydrogens (tertiary/aromatic N) is 1. The first kappa shape index (κ1) is 21.1. The first-order chi connectivity index (χ1) is 16.1. The Labute approximate surface area is 193 Å². The zero-order valence-electron chi connectivity index (χ0n) is 19.0. The molecular formula is C28H28N2O3. The molecule has 1 aromatic heterocycles. The van der Waals surface area contributed by atoms with Crippen LogP contribution in [0.1, 0.15) is 40.9 Å². The molecule has 5 heteroatoms. The standard InChI is InChI=1S/C28H28N2O3/c1-3-32-28(31)30-16-15-23-24-17-22(33-18-20-7-5-4-6-8-20)13-14-25(24)29-26(23)27(30)21-11-9-19(2)10-12-21/h4-14,17,27,29H,3,15-16,18H2,1-2H3. The summed E-state index contributed by atoms with van der Waals surface area (Å²) in [4.78, 5) is 18.3. The fourth-order valence-electron chi connectivity index (χ4n) is 4.60. The third-order valence-corrected chi connectivity index (χ3v) is 6.24. The van der Waals surface area contributed by atoms with Gasteiger partial charge in [0, 0.05) is 23.1 Å². The van der Waals surface area contributed by atoms with Crippen LogP contribution in [0.25, 0.3) is 10.9 Å². The first-order valence-corrected chi connectivity index (χ1v) is 11.4. The molecule has 1 atom stereocenters. The van der Waals surface area contributed by atoms with Crippen LogP contribution in [0.3, 0.4) is 0 Å². The Morgan fingerprint density at radius 2 is 1.85 bits per heavy atom. The molecule has 4 aromatic rings. The molecule has 2 heterocycles. The highest BCUT2D eigenvalue weighted by molar-refractivity contribution is 5.87. The van der Waals surface area contributed by atoms with Crippen molar-refractivity contribution in [1.82, 2.24) is 9.88 Å².